The van der Waals surface area contributed by atoms with Crippen molar-refractivity contribution in [1.29, 1.82) is 0 Å². The van der Waals surface area contributed by atoms with Gasteiger partial charge < -0.3 is 35.1 Å². The molecule has 1 aliphatic heterocycles. The first-order valence-corrected chi connectivity index (χ1v) is 15.6. The van der Waals surface area contributed by atoms with Crippen molar-refractivity contribution in [3.8, 4) is 23.0 Å². The smallest absolute Gasteiger partial charge is 0.418 e. The molecule has 13 heteroatoms. The van der Waals surface area contributed by atoms with E-state index in [-0.39, 0.29) is 30.3 Å². The van der Waals surface area contributed by atoms with E-state index in [1.807, 2.05) is 7.05 Å². The Kier molecular flexibility index (Phi) is 9.06. The van der Waals surface area contributed by atoms with Crippen molar-refractivity contribution in [2.45, 2.75) is 37.9 Å². The van der Waals surface area contributed by atoms with Crippen molar-refractivity contribution in [1.82, 2.24) is 10.3 Å². The van der Waals surface area contributed by atoms with Gasteiger partial charge in [-0.25, -0.2) is 0 Å². The number of nitrogens with zero attached hydrogens (tertiary/aromatic N) is 2. The number of alkyl halides is 3. The summed E-state index contributed by atoms with van der Waals surface area (Å²) in [5.41, 5.74) is -1.15. The molecule has 1 saturated heterocycles. The van der Waals surface area contributed by atoms with Gasteiger partial charge in [-0.05, 0) is 75.2 Å². The number of benzene rings is 3. The van der Waals surface area contributed by atoms with E-state index in [0.717, 1.165) is 18.9 Å². The molecule has 0 unspecified atom stereocenters. The van der Waals surface area contributed by atoms with Crippen LogP contribution in [0, 0.1) is 5.41 Å². The number of nitrogens with one attached hydrogen (secondary N) is 3. The fourth-order valence-corrected chi connectivity index (χ4v) is 6.01. The maximum atomic E-state index is 14.2. The Hall–Kier alpha value is -5.04. The molecular weight excluding hydrogens is 627 g/mol. The lowest BCUT2D eigenvalue weighted by molar-refractivity contribution is -0.137. The van der Waals surface area contributed by atoms with Crippen LogP contribution in [0.1, 0.15) is 31.2 Å². The summed E-state index contributed by atoms with van der Waals surface area (Å²) in [5.74, 6) is 0.732. The Morgan fingerprint density at radius 2 is 1.54 bits per heavy atom. The van der Waals surface area contributed by atoms with Crippen LogP contribution in [0.25, 0.3) is 10.9 Å². The number of aromatic nitrogens is 1. The molecule has 0 spiro atoms. The van der Waals surface area contributed by atoms with Gasteiger partial charge in [0.05, 0.1) is 25.3 Å². The first-order chi connectivity index (χ1) is 23.0. The summed E-state index contributed by atoms with van der Waals surface area (Å²) >= 11 is 0. The van der Waals surface area contributed by atoms with E-state index in [4.69, 9.17) is 14.2 Å². The second-order valence-corrected chi connectivity index (χ2v) is 11.9. The molecule has 2 amide bonds. The number of methoxy groups -OCH3 is 2. The molecular formula is C35H36F3N5O5. The van der Waals surface area contributed by atoms with Crippen LogP contribution in [0.3, 0.4) is 0 Å². The van der Waals surface area contributed by atoms with Crippen molar-refractivity contribution in [2.75, 3.05) is 49.9 Å². The molecule has 1 saturated carbocycles. The Morgan fingerprint density at radius 3 is 2.17 bits per heavy atom. The standard InChI is InChI=1S/C35H36F3N5O5/c1-39-21-10-15-43(16-11-21)28-8-7-23(18-26(28)35(36,37)38)42-33(45)34(12-13-34)32(44)41-22-5-4-6-24(17-22)48-29-9-14-40-27-20-31(47-3)30(46-2)19-25(27)29/h4-9,14,17-21,39H,10-13,15-16H2,1-3H3,(H,41,44)(H,42,45). The number of hydrogen-bond donors (Lipinski definition) is 3. The summed E-state index contributed by atoms with van der Waals surface area (Å²) in [4.78, 5) is 32.9. The van der Waals surface area contributed by atoms with Gasteiger partial charge in [0.1, 0.15) is 16.9 Å². The lowest BCUT2D eigenvalue weighted by Crippen LogP contribution is -2.41. The monoisotopic (exact) mass is 663 g/mol. The molecule has 1 aliphatic carbocycles. The minimum Gasteiger partial charge on any atom is -0.493 e. The fraction of sp³-hybridized carbons (Fsp3) is 0.343. The summed E-state index contributed by atoms with van der Waals surface area (Å²) in [6, 6.07) is 15.9. The lowest BCUT2D eigenvalue weighted by Gasteiger charge is -2.35. The second-order valence-electron chi connectivity index (χ2n) is 11.9. The Bertz CT molecular complexity index is 1840. The summed E-state index contributed by atoms with van der Waals surface area (Å²) in [6.07, 6.45) is -1.05. The maximum absolute atomic E-state index is 14.2. The van der Waals surface area contributed by atoms with Crippen molar-refractivity contribution < 1.29 is 37.0 Å². The third-order valence-electron chi connectivity index (χ3n) is 8.95. The van der Waals surface area contributed by atoms with Crippen LogP contribution in [0.15, 0.2) is 66.9 Å². The molecule has 10 nitrogen and oxygen atoms in total. The normalized spacial score (nSPS) is 15.9. The van der Waals surface area contributed by atoms with Crippen LogP contribution >= 0.6 is 0 Å². The van der Waals surface area contributed by atoms with Gasteiger partial charge in [-0.3, -0.25) is 14.6 Å². The van der Waals surface area contributed by atoms with Crippen LogP contribution in [-0.2, 0) is 15.8 Å². The number of halogens is 3. The molecule has 2 aliphatic rings. The molecule has 2 fully saturated rings. The van der Waals surface area contributed by atoms with Crippen LogP contribution in [0.5, 0.6) is 23.0 Å². The molecule has 48 heavy (non-hydrogen) atoms. The topological polar surface area (TPSA) is 114 Å². The molecule has 0 radical (unpaired) electrons. The SMILES string of the molecule is CNC1CCN(c2ccc(NC(=O)C3(C(=O)Nc4cccc(Oc5ccnc6cc(OC)c(OC)cc56)c4)CC3)cc2C(F)(F)F)CC1. The van der Waals surface area contributed by atoms with Gasteiger partial charge >= 0.3 is 6.18 Å². The summed E-state index contributed by atoms with van der Waals surface area (Å²) in [6.45, 7) is 0.970. The molecule has 0 atom stereocenters. The zero-order chi connectivity index (χ0) is 34.1. The molecule has 4 aromatic rings. The number of rotatable bonds is 10. The van der Waals surface area contributed by atoms with Gasteiger partial charge in [-0.2, -0.15) is 13.2 Å². The number of ether oxygens (including phenoxy) is 3. The van der Waals surface area contributed by atoms with E-state index in [1.165, 1.54) is 26.4 Å². The molecule has 252 valence electrons. The van der Waals surface area contributed by atoms with Crippen molar-refractivity contribution in [2.24, 2.45) is 5.41 Å². The van der Waals surface area contributed by atoms with Gasteiger partial charge in [0, 0.05) is 59.9 Å². The Morgan fingerprint density at radius 1 is 0.875 bits per heavy atom. The largest absolute Gasteiger partial charge is 0.493 e. The molecule has 1 aromatic heterocycles. The zero-order valence-electron chi connectivity index (χ0n) is 26.7. The average Bonchev–Trinajstić information content (AvgIpc) is 3.90. The van der Waals surface area contributed by atoms with Crippen LogP contribution < -0.4 is 35.1 Å². The van der Waals surface area contributed by atoms with Gasteiger partial charge in [-0.1, -0.05) is 6.07 Å². The van der Waals surface area contributed by atoms with Crippen LogP contribution in [0.4, 0.5) is 30.2 Å². The quantitative estimate of drug-likeness (QED) is 0.163. The number of fused-ring (bicyclic) bond motifs is 1. The Labute approximate surface area is 275 Å². The van der Waals surface area contributed by atoms with E-state index in [0.29, 0.717) is 52.7 Å². The number of carbonyl (C=O) groups is 2. The maximum Gasteiger partial charge on any atom is 0.418 e. The third-order valence-corrected chi connectivity index (χ3v) is 8.95. The van der Waals surface area contributed by atoms with Gasteiger partial charge in [0.25, 0.3) is 0 Å². The second kappa shape index (κ2) is 13.2. The molecule has 3 N–H and O–H groups in total. The van der Waals surface area contributed by atoms with Crippen molar-refractivity contribution >= 4 is 39.8 Å². The average molecular weight is 664 g/mol. The highest BCUT2D eigenvalue weighted by atomic mass is 19.4. The summed E-state index contributed by atoms with van der Waals surface area (Å²) in [5, 5.41) is 9.21. The first kappa shape index (κ1) is 32.9. The fourth-order valence-electron chi connectivity index (χ4n) is 6.01. The van der Waals surface area contributed by atoms with E-state index >= 15 is 0 Å². The lowest BCUT2D eigenvalue weighted by atomic mass is 10.0. The molecule has 0 bridgehead atoms. The highest BCUT2D eigenvalue weighted by molar-refractivity contribution is 6.17. The van der Waals surface area contributed by atoms with E-state index < -0.39 is 29.0 Å². The predicted molar refractivity (Wildman–Crippen MR) is 176 cm³/mol. The highest BCUT2D eigenvalue weighted by Gasteiger charge is 2.56. The van der Waals surface area contributed by atoms with E-state index in [9.17, 15) is 22.8 Å². The van der Waals surface area contributed by atoms with Gasteiger partial charge in [0.2, 0.25) is 11.8 Å². The number of amides is 2. The highest BCUT2D eigenvalue weighted by Crippen LogP contribution is 2.48. The number of anilines is 3. The van der Waals surface area contributed by atoms with Crippen LogP contribution in [0.2, 0.25) is 0 Å². The van der Waals surface area contributed by atoms with Crippen molar-refractivity contribution in [3.63, 3.8) is 0 Å². The minimum atomic E-state index is -4.63. The molecule has 2 heterocycles. The third kappa shape index (κ3) is 6.68. The summed E-state index contributed by atoms with van der Waals surface area (Å²) in [7, 11) is 4.92. The molecule has 6 rings (SSSR count). The van der Waals surface area contributed by atoms with Crippen LogP contribution in [-0.4, -0.2) is 57.2 Å². The minimum absolute atomic E-state index is 0.0190. The zero-order valence-corrected chi connectivity index (χ0v) is 26.7. The number of carbonyl (C=O) groups excluding carboxylic acids is 2. The van der Waals surface area contributed by atoms with E-state index in [2.05, 4.69) is 20.9 Å². The number of hydrogen-bond acceptors (Lipinski definition) is 8. The Balaban J connectivity index is 1.15. The number of pyridine rings is 1. The number of piperidine rings is 1. The predicted octanol–water partition coefficient (Wildman–Crippen LogP) is 6.61. The molecule has 3 aromatic carbocycles. The van der Waals surface area contributed by atoms with Gasteiger partial charge in [-0.15, -0.1) is 0 Å². The summed E-state index contributed by atoms with van der Waals surface area (Å²) < 4.78 is 59.4. The van der Waals surface area contributed by atoms with Crippen molar-refractivity contribution in [3.05, 3.63) is 72.4 Å². The van der Waals surface area contributed by atoms with E-state index in [1.54, 1.807) is 53.6 Å². The first-order valence-electron chi connectivity index (χ1n) is 15.6. The van der Waals surface area contributed by atoms with Gasteiger partial charge in [0.15, 0.2) is 11.5 Å².